The first-order chi connectivity index (χ1) is 9.15. The lowest BCUT2D eigenvalue weighted by Gasteiger charge is -2.08. The zero-order chi connectivity index (χ0) is 14.1. The number of carbonyl (C=O) groups is 2. The van der Waals surface area contributed by atoms with E-state index in [2.05, 4.69) is 15.4 Å². The fraction of sp³-hybridized carbons (Fsp3) is 0.385. The number of methoxy groups -OCH3 is 1. The molecule has 0 aliphatic rings. The minimum Gasteiger partial charge on any atom is -0.453 e. The van der Waals surface area contributed by atoms with Gasteiger partial charge in [0, 0.05) is 18.3 Å². The number of carbonyl (C=O) groups excluding carboxylic acids is 2. The topological polar surface area (TPSA) is 76.7 Å². The molecule has 0 heterocycles. The molecule has 0 unspecified atom stereocenters. The van der Waals surface area contributed by atoms with E-state index >= 15 is 0 Å². The van der Waals surface area contributed by atoms with Crippen molar-refractivity contribution in [2.75, 3.05) is 19.0 Å². The van der Waals surface area contributed by atoms with Gasteiger partial charge < -0.3 is 14.8 Å². The summed E-state index contributed by atoms with van der Waals surface area (Å²) in [6, 6.07) is 6.50. The highest BCUT2D eigenvalue weighted by Crippen LogP contribution is 2.17. The fourth-order valence-electron chi connectivity index (χ4n) is 1.32. The van der Waals surface area contributed by atoms with E-state index in [1.54, 1.807) is 18.2 Å². The van der Waals surface area contributed by atoms with E-state index in [9.17, 15) is 9.59 Å². The summed E-state index contributed by atoms with van der Waals surface area (Å²) in [4.78, 5) is 22.5. The Kier molecular flexibility index (Phi) is 6.21. The van der Waals surface area contributed by atoms with E-state index in [0.29, 0.717) is 18.0 Å². The summed E-state index contributed by atoms with van der Waals surface area (Å²) in [5, 5.41) is 5.11. The highest BCUT2D eigenvalue weighted by atomic mass is 16.6. The molecule has 104 valence electrons. The second-order valence-corrected chi connectivity index (χ2v) is 3.81. The monoisotopic (exact) mass is 266 g/mol. The molecule has 0 radical (unpaired) electrons. The number of rotatable bonds is 5. The predicted molar refractivity (Wildman–Crippen MR) is 71.4 cm³/mol. The Morgan fingerprint density at radius 3 is 2.74 bits per heavy atom. The van der Waals surface area contributed by atoms with Gasteiger partial charge in [0.15, 0.2) is 0 Å². The van der Waals surface area contributed by atoms with Gasteiger partial charge in [-0.1, -0.05) is 19.4 Å². The maximum absolute atomic E-state index is 11.4. The third-order valence-electron chi connectivity index (χ3n) is 2.28. The maximum atomic E-state index is 11.4. The molecular formula is C13H18N2O4. The van der Waals surface area contributed by atoms with Crippen LogP contribution in [-0.4, -0.2) is 25.8 Å². The molecule has 0 bridgehead atoms. The number of hydrogen-bond donors (Lipinski definition) is 2. The minimum absolute atomic E-state index is 0.350. The Morgan fingerprint density at radius 2 is 2.05 bits per heavy atom. The molecule has 1 aromatic rings. The first-order valence-corrected chi connectivity index (χ1v) is 6.06. The molecule has 1 rings (SSSR count). The van der Waals surface area contributed by atoms with Crippen molar-refractivity contribution >= 4 is 17.9 Å². The zero-order valence-corrected chi connectivity index (χ0v) is 11.1. The third kappa shape index (κ3) is 5.76. The molecule has 0 saturated carbocycles. The first kappa shape index (κ1) is 14.8. The number of hydrogen-bond acceptors (Lipinski definition) is 4. The van der Waals surface area contributed by atoms with Crippen molar-refractivity contribution in [3.8, 4) is 5.75 Å². The molecule has 0 aromatic heterocycles. The van der Waals surface area contributed by atoms with Gasteiger partial charge in [0.2, 0.25) is 0 Å². The van der Waals surface area contributed by atoms with Crippen LogP contribution < -0.4 is 15.4 Å². The number of amides is 2. The summed E-state index contributed by atoms with van der Waals surface area (Å²) in [7, 11) is 1.27. The Morgan fingerprint density at radius 1 is 1.26 bits per heavy atom. The van der Waals surface area contributed by atoms with Gasteiger partial charge in [-0.15, -0.1) is 0 Å². The lowest BCUT2D eigenvalue weighted by molar-refractivity contribution is 0.187. The van der Waals surface area contributed by atoms with E-state index in [-0.39, 0.29) is 0 Å². The summed E-state index contributed by atoms with van der Waals surface area (Å²) in [5.74, 6) is 0.350. The Balaban J connectivity index is 2.52. The molecule has 6 heteroatoms. The fourth-order valence-corrected chi connectivity index (χ4v) is 1.32. The molecular weight excluding hydrogens is 248 g/mol. The average molecular weight is 266 g/mol. The lowest BCUT2D eigenvalue weighted by Crippen LogP contribution is -2.27. The van der Waals surface area contributed by atoms with Gasteiger partial charge in [0.05, 0.1) is 7.11 Å². The second kappa shape index (κ2) is 7.97. The smallest absolute Gasteiger partial charge is 0.412 e. The number of unbranched alkanes of at least 4 members (excludes halogenated alkanes) is 1. The van der Waals surface area contributed by atoms with Crippen LogP contribution in [0.4, 0.5) is 15.3 Å². The van der Waals surface area contributed by atoms with Gasteiger partial charge in [0.1, 0.15) is 5.75 Å². The van der Waals surface area contributed by atoms with E-state index in [4.69, 9.17) is 4.74 Å². The van der Waals surface area contributed by atoms with Crippen LogP contribution >= 0.6 is 0 Å². The predicted octanol–water partition coefficient (Wildman–Crippen LogP) is 2.75. The first-order valence-electron chi connectivity index (χ1n) is 6.06. The zero-order valence-electron chi connectivity index (χ0n) is 11.1. The van der Waals surface area contributed by atoms with Crippen molar-refractivity contribution in [2.45, 2.75) is 19.8 Å². The number of benzene rings is 1. The van der Waals surface area contributed by atoms with Crippen LogP contribution in [0, 0.1) is 0 Å². The number of ether oxygens (including phenoxy) is 2. The molecule has 0 aliphatic heterocycles. The van der Waals surface area contributed by atoms with Crippen molar-refractivity contribution < 1.29 is 19.1 Å². The highest BCUT2D eigenvalue weighted by Gasteiger charge is 2.05. The van der Waals surface area contributed by atoms with Crippen molar-refractivity contribution in [1.29, 1.82) is 0 Å². The van der Waals surface area contributed by atoms with Gasteiger partial charge in [-0.05, 0) is 18.6 Å². The normalized spacial score (nSPS) is 9.58. The largest absolute Gasteiger partial charge is 0.453 e. The van der Waals surface area contributed by atoms with E-state index in [0.717, 1.165) is 12.8 Å². The molecule has 2 N–H and O–H groups in total. The van der Waals surface area contributed by atoms with Gasteiger partial charge in [-0.25, -0.2) is 9.59 Å². The van der Waals surface area contributed by atoms with E-state index in [1.807, 2.05) is 6.92 Å². The van der Waals surface area contributed by atoms with Gasteiger partial charge in [-0.2, -0.15) is 0 Å². The van der Waals surface area contributed by atoms with E-state index in [1.165, 1.54) is 13.2 Å². The molecule has 0 fully saturated rings. The molecule has 2 amide bonds. The summed E-state index contributed by atoms with van der Waals surface area (Å²) in [6.45, 7) is 2.62. The summed E-state index contributed by atoms with van der Waals surface area (Å²) in [5.41, 5.74) is 0.491. The minimum atomic E-state index is -0.579. The molecule has 1 aromatic carbocycles. The second-order valence-electron chi connectivity index (χ2n) is 3.81. The molecule has 19 heavy (non-hydrogen) atoms. The summed E-state index contributed by atoms with van der Waals surface area (Å²) >= 11 is 0. The maximum Gasteiger partial charge on any atom is 0.412 e. The number of nitrogens with one attached hydrogen (secondary N) is 2. The van der Waals surface area contributed by atoms with Crippen LogP contribution in [0.1, 0.15) is 19.8 Å². The van der Waals surface area contributed by atoms with Crippen LogP contribution in [0.3, 0.4) is 0 Å². The average Bonchev–Trinajstić information content (AvgIpc) is 2.39. The van der Waals surface area contributed by atoms with Crippen LogP contribution in [0.2, 0.25) is 0 Å². The van der Waals surface area contributed by atoms with Crippen molar-refractivity contribution in [3.05, 3.63) is 24.3 Å². The quantitative estimate of drug-likeness (QED) is 0.803. The van der Waals surface area contributed by atoms with Crippen molar-refractivity contribution in [3.63, 3.8) is 0 Å². The van der Waals surface area contributed by atoms with Crippen LogP contribution in [0.5, 0.6) is 5.75 Å². The molecule has 0 aliphatic carbocycles. The SMILES string of the molecule is CCCCNC(=O)Oc1cccc(NC(=O)OC)c1. The van der Waals surface area contributed by atoms with Gasteiger partial charge in [0.25, 0.3) is 0 Å². The van der Waals surface area contributed by atoms with Crippen LogP contribution in [-0.2, 0) is 4.74 Å². The standard InChI is InChI=1S/C13H18N2O4/c1-3-4-8-14-12(16)19-11-7-5-6-10(9-11)15-13(17)18-2/h5-7,9H,3-4,8H2,1-2H3,(H,14,16)(H,15,17). The summed E-state index contributed by atoms with van der Waals surface area (Å²) < 4.78 is 9.55. The molecule has 6 nitrogen and oxygen atoms in total. The van der Waals surface area contributed by atoms with Crippen molar-refractivity contribution in [1.82, 2.24) is 5.32 Å². The Labute approximate surface area is 112 Å². The van der Waals surface area contributed by atoms with Crippen LogP contribution in [0.25, 0.3) is 0 Å². The van der Waals surface area contributed by atoms with Gasteiger partial charge in [-0.3, -0.25) is 5.32 Å². The molecule has 0 atom stereocenters. The van der Waals surface area contributed by atoms with E-state index < -0.39 is 12.2 Å². The van der Waals surface area contributed by atoms with Crippen molar-refractivity contribution in [2.24, 2.45) is 0 Å². The summed E-state index contributed by atoms with van der Waals surface area (Å²) in [6.07, 6.45) is 0.811. The van der Waals surface area contributed by atoms with Crippen LogP contribution in [0.15, 0.2) is 24.3 Å². The third-order valence-corrected chi connectivity index (χ3v) is 2.28. The Bertz CT molecular complexity index is 434. The molecule has 0 spiro atoms. The lowest BCUT2D eigenvalue weighted by atomic mass is 10.3. The Hall–Kier alpha value is -2.24. The van der Waals surface area contributed by atoms with Gasteiger partial charge >= 0.3 is 12.2 Å². The highest BCUT2D eigenvalue weighted by molar-refractivity contribution is 5.84. The molecule has 0 saturated heterocycles. The number of anilines is 1.